The van der Waals surface area contributed by atoms with Crippen molar-refractivity contribution >= 4 is 38.0 Å². The van der Waals surface area contributed by atoms with Crippen LogP contribution in [0.3, 0.4) is 0 Å². The van der Waals surface area contributed by atoms with Crippen molar-refractivity contribution in [1.82, 2.24) is 0 Å². The predicted octanol–water partition coefficient (Wildman–Crippen LogP) is 4.32. The third kappa shape index (κ3) is 6.31. The molecule has 1 aromatic carbocycles. The van der Waals surface area contributed by atoms with Crippen LogP contribution in [-0.4, -0.2) is 43.0 Å². The highest BCUT2D eigenvalue weighted by atomic mass is 32.3. The Labute approximate surface area is 157 Å². The van der Waals surface area contributed by atoms with Crippen molar-refractivity contribution in [2.45, 2.75) is 44.4 Å². The monoisotopic (exact) mass is 404 g/mol. The van der Waals surface area contributed by atoms with Gasteiger partial charge in [-0.2, -0.15) is 20.2 Å². The van der Waals surface area contributed by atoms with Crippen LogP contribution in [0, 0.1) is 6.92 Å². The van der Waals surface area contributed by atoms with Crippen LogP contribution >= 0.6 is 22.1 Å². The van der Waals surface area contributed by atoms with Crippen molar-refractivity contribution in [2.75, 3.05) is 28.8 Å². The Kier molecular flexibility index (Phi) is 7.86. The summed E-state index contributed by atoms with van der Waals surface area (Å²) in [6, 6.07) is 6.70. The number of Topliss-reactive ketones (excluding diaryl/α,β-unsaturated/α-hetero) is 1. The average molecular weight is 405 g/mol. The van der Waals surface area contributed by atoms with Crippen molar-refractivity contribution in [1.29, 1.82) is 0 Å². The maximum Gasteiger partial charge on any atom is 0.306 e. The van der Waals surface area contributed by atoms with Crippen LogP contribution in [-0.2, 0) is 18.5 Å². The molecule has 1 aromatic rings. The Morgan fingerprint density at radius 1 is 1.16 bits per heavy atom. The van der Waals surface area contributed by atoms with Gasteiger partial charge in [0.05, 0.1) is 10.6 Å². The van der Waals surface area contributed by atoms with Gasteiger partial charge < -0.3 is 0 Å². The Bertz CT molecular complexity index is 662. The highest BCUT2D eigenvalue weighted by Crippen LogP contribution is 2.54. The third-order valence-electron chi connectivity index (χ3n) is 4.23. The average Bonchev–Trinajstić information content (AvgIpc) is 2.55. The highest BCUT2D eigenvalue weighted by molar-refractivity contribution is 8.34. The van der Waals surface area contributed by atoms with E-state index in [0.717, 1.165) is 36.3 Å². The molecule has 1 heterocycles. The van der Waals surface area contributed by atoms with Gasteiger partial charge in [0.25, 0.3) is 0 Å². The van der Waals surface area contributed by atoms with E-state index in [0.29, 0.717) is 17.9 Å². The second-order valence-corrected chi connectivity index (χ2v) is 12.6. The van der Waals surface area contributed by atoms with Gasteiger partial charge >= 0.3 is 10.1 Å². The molecule has 0 unspecified atom stereocenters. The van der Waals surface area contributed by atoms with Gasteiger partial charge in [-0.15, -0.1) is 10.3 Å². The number of hydrogen-bond donors (Lipinski definition) is 0. The summed E-state index contributed by atoms with van der Waals surface area (Å²) in [4.78, 5) is 12.6. The summed E-state index contributed by atoms with van der Waals surface area (Å²) in [6.45, 7) is 4.02. The van der Waals surface area contributed by atoms with Crippen LogP contribution in [0.25, 0.3) is 0 Å². The van der Waals surface area contributed by atoms with Crippen LogP contribution in [0.2, 0.25) is 0 Å². The number of carbonyl (C=O) groups is 1. The minimum atomic E-state index is -3.83. The van der Waals surface area contributed by atoms with Crippen LogP contribution in [0.5, 0.6) is 0 Å². The van der Waals surface area contributed by atoms with Gasteiger partial charge in [0.1, 0.15) is 5.78 Å². The number of hydrogen-bond acceptors (Lipinski definition) is 5. The van der Waals surface area contributed by atoms with E-state index < -0.39 is 20.4 Å². The Balaban J connectivity index is 2.13. The molecule has 0 spiro atoms. The van der Waals surface area contributed by atoms with Gasteiger partial charge in [0.15, 0.2) is 0 Å². The second kappa shape index (κ2) is 9.44. The Morgan fingerprint density at radius 2 is 1.80 bits per heavy atom. The SMILES string of the molecule is CCCCCC(=O)CS1(OS(=O)(=O)c2ccc(C)cc2)CCSCC1. The standard InChI is InChI=1S/C18H28O4S3/c1-3-4-5-6-17(19)15-24(13-11-23-12-14-24)22-25(20,21)18-9-7-16(2)8-10-18/h7-10H,3-6,11-15H2,1-2H3. The van der Waals surface area contributed by atoms with E-state index in [1.54, 1.807) is 36.0 Å². The first kappa shape index (κ1) is 20.8. The first-order valence-electron chi connectivity index (χ1n) is 8.75. The summed E-state index contributed by atoms with van der Waals surface area (Å²) in [7, 11) is -5.74. The minimum Gasteiger partial charge on any atom is -0.299 e. The lowest BCUT2D eigenvalue weighted by Crippen LogP contribution is -2.29. The third-order valence-corrected chi connectivity index (χ3v) is 11.2. The number of rotatable bonds is 9. The molecule has 0 amide bonds. The van der Waals surface area contributed by atoms with Crippen LogP contribution in [0.4, 0.5) is 0 Å². The van der Waals surface area contributed by atoms with Gasteiger partial charge in [0, 0.05) is 29.4 Å². The van der Waals surface area contributed by atoms with E-state index in [4.69, 9.17) is 3.63 Å². The lowest BCUT2D eigenvalue weighted by atomic mass is 10.2. The van der Waals surface area contributed by atoms with Gasteiger partial charge in [-0.05, 0) is 25.5 Å². The first-order chi connectivity index (χ1) is 11.9. The molecule has 0 atom stereocenters. The molecule has 1 aliphatic rings. The highest BCUT2D eigenvalue weighted by Gasteiger charge is 2.35. The molecular weight excluding hydrogens is 376 g/mol. The lowest BCUT2D eigenvalue weighted by Gasteiger charge is -2.40. The summed E-state index contributed by atoms with van der Waals surface area (Å²) >= 11 is 1.80. The zero-order valence-electron chi connectivity index (χ0n) is 15.0. The van der Waals surface area contributed by atoms with Crippen LogP contribution in [0.15, 0.2) is 29.2 Å². The lowest BCUT2D eigenvalue weighted by molar-refractivity contribution is -0.116. The van der Waals surface area contributed by atoms with E-state index in [2.05, 4.69) is 6.92 Å². The summed E-state index contributed by atoms with van der Waals surface area (Å²) in [6.07, 6.45) is 3.51. The summed E-state index contributed by atoms with van der Waals surface area (Å²) in [5, 5.41) is 0. The second-order valence-electron chi connectivity index (χ2n) is 6.46. The molecule has 0 aliphatic carbocycles. The normalized spacial score (nSPS) is 18.6. The smallest absolute Gasteiger partial charge is 0.299 e. The molecule has 2 rings (SSSR count). The molecule has 1 saturated heterocycles. The quantitative estimate of drug-likeness (QED) is 0.574. The van der Waals surface area contributed by atoms with Crippen molar-refractivity contribution in [3.05, 3.63) is 29.8 Å². The number of aryl methyl sites for hydroxylation is 1. The van der Waals surface area contributed by atoms with Crippen molar-refractivity contribution in [3.63, 3.8) is 0 Å². The molecule has 25 heavy (non-hydrogen) atoms. The molecule has 0 N–H and O–H groups in total. The van der Waals surface area contributed by atoms with Gasteiger partial charge in [-0.3, -0.25) is 4.79 Å². The number of unbranched alkanes of at least 4 members (excludes halogenated alkanes) is 2. The fraction of sp³-hybridized carbons (Fsp3) is 0.611. The van der Waals surface area contributed by atoms with Crippen molar-refractivity contribution in [2.24, 2.45) is 0 Å². The molecule has 0 aromatic heterocycles. The van der Waals surface area contributed by atoms with Crippen molar-refractivity contribution in [3.8, 4) is 0 Å². The summed E-state index contributed by atoms with van der Waals surface area (Å²) in [5.41, 5.74) is 1.00. The van der Waals surface area contributed by atoms with Gasteiger partial charge in [0.2, 0.25) is 0 Å². The molecule has 4 nitrogen and oxygen atoms in total. The van der Waals surface area contributed by atoms with Gasteiger partial charge in [-0.1, -0.05) is 37.5 Å². The van der Waals surface area contributed by atoms with E-state index >= 15 is 0 Å². The summed E-state index contributed by atoms with van der Waals surface area (Å²) in [5.74, 6) is 3.52. The van der Waals surface area contributed by atoms with E-state index in [9.17, 15) is 13.2 Å². The molecule has 1 fully saturated rings. The molecule has 1 aliphatic heterocycles. The summed E-state index contributed by atoms with van der Waals surface area (Å²) < 4.78 is 31.3. The maximum absolute atomic E-state index is 12.7. The Morgan fingerprint density at radius 3 is 2.40 bits per heavy atom. The van der Waals surface area contributed by atoms with Crippen LogP contribution in [0.1, 0.15) is 38.2 Å². The maximum atomic E-state index is 12.7. The predicted molar refractivity (Wildman–Crippen MR) is 108 cm³/mol. The zero-order chi connectivity index (χ0) is 18.3. The van der Waals surface area contributed by atoms with E-state index in [1.165, 1.54) is 0 Å². The number of carbonyl (C=O) groups excluding carboxylic acids is 1. The molecule has 0 saturated carbocycles. The molecule has 0 radical (unpaired) electrons. The number of ketones is 1. The fourth-order valence-corrected chi connectivity index (χ4v) is 10.6. The molecule has 142 valence electrons. The molecule has 0 bridgehead atoms. The number of thioether (sulfide) groups is 1. The van der Waals surface area contributed by atoms with Crippen molar-refractivity contribution < 1.29 is 16.8 Å². The fourth-order valence-electron chi connectivity index (χ4n) is 2.73. The molecule has 7 heteroatoms. The zero-order valence-corrected chi connectivity index (χ0v) is 17.5. The molecular formula is C18H28O4S3. The largest absolute Gasteiger partial charge is 0.306 e. The minimum absolute atomic E-state index is 0.148. The Hall–Kier alpha value is -0.500. The first-order valence-corrected chi connectivity index (χ1v) is 13.4. The topological polar surface area (TPSA) is 60.4 Å². The van der Waals surface area contributed by atoms with Crippen LogP contribution < -0.4 is 0 Å². The van der Waals surface area contributed by atoms with E-state index in [-0.39, 0.29) is 16.4 Å². The number of benzene rings is 1. The van der Waals surface area contributed by atoms with Gasteiger partial charge in [-0.25, -0.2) is 3.63 Å². The van der Waals surface area contributed by atoms with E-state index in [1.807, 2.05) is 6.92 Å².